The molecule has 1 N–H and O–H groups in total. The van der Waals surface area contributed by atoms with Gasteiger partial charge in [0.05, 0.1) is 32.0 Å². The second-order valence-corrected chi connectivity index (χ2v) is 8.57. The zero-order valence-corrected chi connectivity index (χ0v) is 18.7. The Bertz CT molecular complexity index is 936. The van der Waals surface area contributed by atoms with Crippen LogP contribution in [0.3, 0.4) is 0 Å². The number of hydrogen-bond donors (Lipinski definition) is 1. The van der Waals surface area contributed by atoms with Crippen LogP contribution < -0.4 is 14.8 Å². The summed E-state index contributed by atoms with van der Waals surface area (Å²) in [4.78, 5) is 9.43. The maximum absolute atomic E-state index is 6.14. The van der Waals surface area contributed by atoms with Crippen molar-refractivity contribution in [3.63, 3.8) is 0 Å². The van der Waals surface area contributed by atoms with E-state index in [4.69, 9.17) is 14.2 Å². The lowest BCUT2D eigenvalue weighted by molar-refractivity contribution is -0.0502. The summed E-state index contributed by atoms with van der Waals surface area (Å²) in [5, 5.41) is 3.53. The highest BCUT2D eigenvalue weighted by Gasteiger charge is 2.41. The van der Waals surface area contributed by atoms with Crippen molar-refractivity contribution in [3.05, 3.63) is 59.7 Å². The number of nitrogens with zero attached hydrogens (tertiary/aromatic N) is 3. The number of aliphatic imine (C=N–C) groups is 1. The standard InChI is InChI=1S/C25H32N4O3/c1-26-25(27-15-20-8-9-22-23(14-20)31-12-5-11-30-22)29-17-21-24(18-29)32-13-10-28(21)16-19-6-3-2-4-7-19/h2-4,6-9,14,21,24H,5,10-13,15-18H2,1H3,(H,26,27). The van der Waals surface area contributed by atoms with Crippen molar-refractivity contribution in [2.45, 2.75) is 31.7 Å². The van der Waals surface area contributed by atoms with Crippen LogP contribution in [0.15, 0.2) is 53.5 Å². The highest BCUT2D eigenvalue weighted by molar-refractivity contribution is 5.80. The van der Waals surface area contributed by atoms with E-state index in [9.17, 15) is 0 Å². The molecule has 5 rings (SSSR count). The Kier molecular flexibility index (Phi) is 6.46. The molecule has 3 aliphatic rings. The van der Waals surface area contributed by atoms with Crippen molar-refractivity contribution in [2.75, 3.05) is 46.5 Å². The van der Waals surface area contributed by atoms with Gasteiger partial charge in [-0.15, -0.1) is 0 Å². The molecule has 2 unspecified atom stereocenters. The van der Waals surface area contributed by atoms with E-state index < -0.39 is 0 Å². The van der Waals surface area contributed by atoms with Gasteiger partial charge >= 0.3 is 0 Å². The molecule has 0 amide bonds. The fourth-order valence-corrected chi connectivity index (χ4v) is 4.78. The number of hydrogen-bond acceptors (Lipinski definition) is 5. The summed E-state index contributed by atoms with van der Waals surface area (Å²) in [7, 11) is 1.85. The molecule has 0 aromatic heterocycles. The Balaban J connectivity index is 1.21. The Hall–Kier alpha value is -2.77. The van der Waals surface area contributed by atoms with Gasteiger partial charge in [-0.25, -0.2) is 0 Å². The van der Waals surface area contributed by atoms with Gasteiger partial charge in [0, 0.05) is 46.2 Å². The highest BCUT2D eigenvalue weighted by atomic mass is 16.5. The lowest BCUT2D eigenvalue weighted by atomic mass is 10.1. The molecule has 0 radical (unpaired) electrons. The molecule has 0 bridgehead atoms. The zero-order valence-electron chi connectivity index (χ0n) is 18.7. The van der Waals surface area contributed by atoms with Gasteiger partial charge in [-0.05, 0) is 23.3 Å². The number of morpholine rings is 1. The summed E-state index contributed by atoms with van der Waals surface area (Å²) in [5.41, 5.74) is 2.50. The number of benzene rings is 2. The molecule has 7 nitrogen and oxygen atoms in total. The van der Waals surface area contributed by atoms with Crippen LogP contribution in [0.5, 0.6) is 11.5 Å². The summed E-state index contributed by atoms with van der Waals surface area (Å²) < 4.78 is 17.7. The Morgan fingerprint density at radius 1 is 1.00 bits per heavy atom. The van der Waals surface area contributed by atoms with Crippen LogP contribution >= 0.6 is 0 Å². The molecule has 0 spiro atoms. The molecular formula is C25H32N4O3. The summed E-state index contributed by atoms with van der Waals surface area (Å²) in [6.07, 6.45) is 1.12. The fraction of sp³-hybridized carbons (Fsp3) is 0.480. The summed E-state index contributed by atoms with van der Waals surface area (Å²) in [5.74, 6) is 2.57. The molecule has 7 heteroatoms. The third-order valence-corrected chi connectivity index (χ3v) is 6.42. The maximum atomic E-state index is 6.14. The van der Waals surface area contributed by atoms with Gasteiger partial charge in [0.15, 0.2) is 17.5 Å². The average Bonchev–Trinajstić information content (AvgIpc) is 3.12. The molecule has 0 aliphatic carbocycles. The first-order valence-corrected chi connectivity index (χ1v) is 11.5. The number of likely N-dealkylation sites (tertiary alicyclic amines) is 1. The van der Waals surface area contributed by atoms with Crippen LogP contribution in [0, 0.1) is 0 Å². The highest BCUT2D eigenvalue weighted by Crippen LogP contribution is 2.30. The van der Waals surface area contributed by atoms with Crippen LogP contribution in [0.2, 0.25) is 0 Å². The van der Waals surface area contributed by atoms with Crippen molar-refractivity contribution >= 4 is 5.96 Å². The molecule has 170 valence electrons. The van der Waals surface area contributed by atoms with Gasteiger partial charge < -0.3 is 24.4 Å². The number of guanidine groups is 1. The Labute approximate surface area is 190 Å². The predicted octanol–water partition coefficient (Wildman–Crippen LogP) is 2.51. The third-order valence-electron chi connectivity index (χ3n) is 6.42. The van der Waals surface area contributed by atoms with E-state index in [1.165, 1.54) is 5.56 Å². The van der Waals surface area contributed by atoms with Crippen molar-refractivity contribution in [3.8, 4) is 11.5 Å². The van der Waals surface area contributed by atoms with Crippen LogP contribution in [-0.2, 0) is 17.8 Å². The lowest BCUT2D eigenvalue weighted by Crippen LogP contribution is -2.50. The van der Waals surface area contributed by atoms with E-state index in [0.29, 0.717) is 25.8 Å². The molecule has 2 aromatic carbocycles. The van der Waals surface area contributed by atoms with E-state index >= 15 is 0 Å². The molecule has 3 aliphatic heterocycles. The van der Waals surface area contributed by atoms with E-state index in [1.807, 2.05) is 13.1 Å². The normalized spacial score (nSPS) is 23.5. The number of fused-ring (bicyclic) bond motifs is 2. The van der Waals surface area contributed by atoms with E-state index in [2.05, 4.69) is 62.6 Å². The van der Waals surface area contributed by atoms with Crippen molar-refractivity contribution in [1.82, 2.24) is 15.1 Å². The SMILES string of the molecule is CN=C(NCc1ccc2c(c1)OCCCO2)N1CC2OCCN(Cc3ccccc3)C2C1. The van der Waals surface area contributed by atoms with Gasteiger partial charge in [-0.2, -0.15) is 0 Å². The van der Waals surface area contributed by atoms with Gasteiger partial charge in [0.25, 0.3) is 0 Å². The second kappa shape index (κ2) is 9.79. The quantitative estimate of drug-likeness (QED) is 0.587. The van der Waals surface area contributed by atoms with Crippen LogP contribution in [-0.4, -0.2) is 74.4 Å². The minimum atomic E-state index is 0.212. The second-order valence-electron chi connectivity index (χ2n) is 8.57. The Morgan fingerprint density at radius 2 is 1.84 bits per heavy atom. The minimum Gasteiger partial charge on any atom is -0.490 e. The van der Waals surface area contributed by atoms with Crippen molar-refractivity contribution < 1.29 is 14.2 Å². The van der Waals surface area contributed by atoms with Gasteiger partial charge in [0.1, 0.15) is 0 Å². The molecular weight excluding hydrogens is 404 g/mol. The van der Waals surface area contributed by atoms with Crippen molar-refractivity contribution in [2.24, 2.45) is 4.99 Å². The summed E-state index contributed by atoms with van der Waals surface area (Å²) in [6.45, 7) is 6.57. The van der Waals surface area contributed by atoms with E-state index in [-0.39, 0.29) is 6.10 Å². The van der Waals surface area contributed by atoms with E-state index in [0.717, 1.165) is 62.2 Å². The number of rotatable bonds is 4. The van der Waals surface area contributed by atoms with Gasteiger partial charge in [-0.3, -0.25) is 9.89 Å². The van der Waals surface area contributed by atoms with Crippen molar-refractivity contribution in [1.29, 1.82) is 0 Å². The number of nitrogens with one attached hydrogen (secondary N) is 1. The largest absolute Gasteiger partial charge is 0.490 e. The molecule has 2 saturated heterocycles. The van der Waals surface area contributed by atoms with Gasteiger partial charge in [-0.1, -0.05) is 36.4 Å². The lowest BCUT2D eigenvalue weighted by Gasteiger charge is -2.36. The first-order valence-electron chi connectivity index (χ1n) is 11.5. The predicted molar refractivity (Wildman–Crippen MR) is 124 cm³/mol. The summed E-state index contributed by atoms with van der Waals surface area (Å²) in [6, 6.07) is 17.2. The molecule has 32 heavy (non-hydrogen) atoms. The van der Waals surface area contributed by atoms with Crippen LogP contribution in [0.25, 0.3) is 0 Å². The van der Waals surface area contributed by atoms with Crippen LogP contribution in [0.4, 0.5) is 0 Å². The van der Waals surface area contributed by atoms with Gasteiger partial charge in [0.2, 0.25) is 0 Å². The monoisotopic (exact) mass is 436 g/mol. The maximum Gasteiger partial charge on any atom is 0.194 e. The molecule has 2 fully saturated rings. The van der Waals surface area contributed by atoms with Crippen LogP contribution in [0.1, 0.15) is 17.5 Å². The van der Waals surface area contributed by atoms with E-state index in [1.54, 1.807) is 0 Å². The fourth-order valence-electron chi connectivity index (χ4n) is 4.78. The first kappa shape index (κ1) is 21.1. The first-order chi connectivity index (χ1) is 15.8. The zero-order chi connectivity index (χ0) is 21.8. The topological polar surface area (TPSA) is 58.6 Å². The smallest absolute Gasteiger partial charge is 0.194 e. The molecule has 3 heterocycles. The average molecular weight is 437 g/mol. The Morgan fingerprint density at radius 3 is 2.69 bits per heavy atom. The summed E-state index contributed by atoms with van der Waals surface area (Å²) >= 11 is 0. The minimum absolute atomic E-state index is 0.212. The molecule has 2 aromatic rings. The molecule has 0 saturated carbocycles. The number of ether oxygens (including phenoxy) is 3. The third kappa shape index (κ3) is 4.69. The molecule has 2 atom stereocenters.